The van der Waals surface area contributed by atoms with E-state index in [1.807, 2.05) is 0 Å². The fraction of sp³-hybridized carbons (Fsp3) is 0. The van der Waals surface area contributed by atoms with E-state index in [9.17, 15) is 17.3 Å². The Morgan fingerprint density at radius 2 is 1.86 bits per heavy atom. The van der Waals surface area contributed by atoms with Gasteiger partial charge in [-0.15, -0.1) is 0 Å². The second-order valence-electron chi connectivity index (χ2n) is 3.01. The van der Waals surface area contributed by atoms with Gasteiger partial charge >= 0.3 is 6.98 Å². The van der Waals surface area contributed by atoms with Crippen LogP contribution in [-0.2, 0) is 0 Å². The number of hydrogen-bond acceptors (Lipinski definition) is 0. The van der Waals surface area contributed by atoms with Gasteiger partial charge in [0.05, 0.1) is 0 Å². The highest BCUT2D eigenvalue weighted by Gasteiger charge is 2.28. The second kappa shape index (κ2) is 2.77. The molecule has 0 aliphatic rings. The molecule has 0 saturated carbocycles. The monoisotopic (exact) mass is 202 g/mol. The fourth-order valence-electron chi connectivity index (χ4n) is 1.42. The number of benzene rings is 1. The number of H-pyrrole nitrogens is 1. The van der Waals surface area contributed by atoms with E-state index in [0.717, 1.165) is 6.07 Å². The molecule has 1 aromatic carbocycles. The predicted molar refractivity (Wildman–Crippen MR) is 47.0 cm³/mol. The molecule has 0 bridgehead atoms. The van der Waals surface area contributed by atoms with Crippen molar-refractivity contribution in [2.24, 2.45) is 0 Å². The number of aromatic nitrogens is 1. The van der Waals surface area contributed by atoms with Gasteiger partial charge in [-0.05, 0) is 17.5 Å². The second-order valence-corrected chi connectivity index (χ2v) is 3.01. The summed E-state index contributed by atoms with van der Waals surface area (Å²) >= 11 is 0. The van der Waals surface area contributed by atoms with Crippen LogP contribution in [-0.4, -0.2) is 12.0 Å². The topological polar surface area (TPSA) is 15.8 Å². The zero-order valence-electron chi connectivity index (χ0n) is 6.90. The van der Waals surface area contributed by atoms with Gasteiger partial charge in [0.15, 0.2) is 0 Å². The van der Waals surface area contributed by atoms with E-state index in [1.54, 1.807) is 0 Å². The first-order valence-electron chi connectivity index (χ1n) is 3.95. The highest BCUT2D eigenvalue weighted by Crippen LogP contribution is 2.18. The van der Waals surface area contributed by atoms with Crippen molar-refractivity contribution in [2.75, 3.05) is 0 Å². The van der Waals surface area contributed by atoms with Gasteiger partial charge in [-0.1, -0.05) is 11.5 Å². The Morgan fingerprint density at radius 3 is 2.50 bits per heavy atom. The Morgan fingerprint density at radius 1 is 1.14 bits per heavy atom. The van der Waals surface area contributed by atoms with Gasteiger partial charge in [0.2, 0.25) is 0 Å². The molecular formula is C8H5BF4N-. The Kier molecular flexibility index (Phi) is 1.80. The molecule has 0 atom stereocenters. The zero-order chi connectivity index (χ0) is 10.3. The van der Waals surface area contributed by atoms with Crippen molar-refractivity contribution in [1.29, 1.82) is 0 Å². The van der Waals surface area contributed by atoms with Gasteiger partial charge in [-0.2, -0.15) is 0 Å². The van der Waals surface area contributed by atoms with Crippen LogP contribution in [0.3, 0.4) is 0 Å². The maximum Gasteiger partial charge on any atom is 0.511 e. The fourth-order valence-corrected chi connectivity index (χ4v) is 1.42. The van der Waals surface area contributed by atoms with Gasteiger partial charge in [0.1, 0.15) is 5.82 Å². The van der Waals surface area contributed by atoms with Gasteiger partial charge in [0.25, 0.3) is 0 Å². The summed E-state index contributed by atoms with van der Waals surface area (Å²) < 4.78 is 50.2. The minimum Gasteiger partial charge on any atom is -0.445 e. The SMILES string of the molecule is Fc1cc([B-](F)(F)F)c2[nH]ccc2c1. The Bertz CT molecular complexity index is 474. The maximum atomic E-state index is 12.8. The van der Waals surface area contributed by atoms with Crippen molar-refractivity contribution in [1.82, 2.24) is 4.98 Å². The van der Waals surface area contributed by atoms with E-state index < -0.39 is 18.3 Å². The molecule has 0 saturated heterocycles. The largest absolute Gasteiger partial charge is 0.511 e. The first-order valence-corrected chi connectivity index (χ1v) is 3.95. The van der Waals surface area contributed by atoms with Crippen LogP contribution in [0.2, 0.25) is 0 Å². The molecule has 2 rings (SSSR count). The minimum absolute atomic E-state index is 0.0566. The Hall–Kier alpha value is -1.46. The van der Waals surface area contributed by atoms with Gasteiger partial charge in [-0.25, -0.2) is 4.39 Å². The van der Waals surface area contributed by atoms with Crippen LogP contribution in [0.15, 0.2) is 24.4 Å². The molecule has 0 aliphatic carbocycles. The summed E-state index contributed by atoms with van der Waals surface area (Å²) in [7, 11) is 0. The number of halogens is 4. The molecule has 1 heterocycles. The molecule has 0 amide bonds. The third-order valence-electron chi connectivity index (χ3n) is 2.01. The van der Waals surface area contributed by atoms with Gasteiger partial charge < -0.3 is 17.9 Å². The molecule has 74 valence electrons. The number of rotatable bonds is 1. The summed E-state index contributed by atoms with van der Waals surface area (Å²) in [5, 5.41) is 0.235. The van der Waals surface area contributed by atoms with Crippen LogP contribution in [0.25, 0.3) is 10.9 Å². The number of aromatic amines is 1. The van der Waals surface area contributed by atoms with Crippen molar-refractivity contribution in [3.63, 3.8) is 0 Å². The van der Waals surface area contributed by atoms with Crippen LogP contribution in [0.5, 0.6) is 0 Å². The molecule has 0 radical (unpaired) electrons. The quantitative estimate of drug-likeness (QED) is 0.539. The molecular weight excluding hydrogens is 197 g/mol. The van der Waals surface area contributed by atoms with Crippen LogP contribution in [0.4, 0.5) is 17.3 Å². The molecule has 0 spiro atoms. The van der Waals surface area contributed by atoms with E-state index in [1.165, 1.54) is 12.3 Å². The van der Waals surface area contributed by atoms with Crippen molar-refractivity contribution in [2.45, 2.75) is 0 Å². The average Bonchev–Trinajstić information content (AvgIpc) is 2.47. The molecule has 2 aromatic rings. The number of fused-ring (bicyclic) bond motifs is 1. The van der Waals surface area contributed by atoms with Crippen LogP contribution < -0.4 is 5.46 Å². The van der Waals surface area contributed by atoms with Crippen LogP contribution in [0.1, 0.15) is 0 Å². The molecule has 0 aliphatic heterocycles. The molecule has 6 heteroatoms. The maximum absolute atomic E-state index is 12.8. The summed E-state index contributed by atoms with van der Waals surface area (Å²) in [6.45, 7) is -5.18. The van der Waals surface area contributed by atoms with Gasteiger partial charge in [0, 0.05) is 11.7 Å². The Balaban J connectivity index is 2.80. The predicted octanol–water partition coefficient (Wildman–Crippen LogP) is 2.36. The Labute approximate surface area is 76.8 Å². The zero-order valence-corrected chi connectivity index (χ0v) is 6.90. The lowest BCUT2D eigenvalue weighted by molar-refractivity contribution is 0.500. The standard InChI is InChI=1S/C8H5BF4N/c10-6-3-5-1-2-14-8(5)7(4-6)9(11,12)13/h1-4,14H/q-1. The molecule has 1 nitrogen and oxygen atoms in total. The summed E-state index contributed by atoms with van der Waals surface area (Å²) in [6.07, 6.45) is 1.36. The summed E-state index contributed by atoms with van der Waals surface area (Å²) in [4.78, 5) is 2.45. The van der Waals surface area contributed by atoms with Crippen molar-refractivity contribution in [3.8, 4) is 0 Å². The van der Waals surface area contributed by atoms with Crippen molar-refractivity contribution < 1.29 is 17.3 Å². The van der Waals surface area contributed by atoms with Crippen LogP contribution >= 0.6 is 0 Å². The smallest absolute Gasteiger partial charge is 0.445 e. The normalized spacial score (nSPS) is 12.3. The van der Waals surface area contributed by atoms with E-state index in [-0.39, 0.29) is 10.9 Å². The van der Waals surface area contributed by atoms with E-state index in [0.29, 0.717) is 6.07 Å². The summed E-state index contributed by atoms with van der Waals surface area (Å²) in [6, 6.07) is 2.99. The first kappa shape index (κ1) is 9.11. The third-order valence-corrected chi connectivity index (χ3v) is 2.01. The highest BCUT2D eigenvalue weighted by atomic mass is 19.4. The summed E-state index contributed by atoms with van der Waals surface area (Å²) in [5.41, 5.74) is -0.969. The lowest BCUT2D eigenvalue weighted by atomic mass is 9.79. The van der Waals surface area contributed by atoms with E-state index in [2.05, 4.69) is 4.98 Å². The molecule has 0 unspecified atom stereocenters. The van der Waals surface area contributed by atoms with Crippen LogP contribution in [0, 0.1) is 5.82 Å². The molecule has 0 fully saturated rings. The first-order chi connectivity index (χ1) is 6.48. The average molecular weight is 202 g/mol. The lowest BCUT2D eigenvalue weighted by Crippen LogP contribution is -2.35. The molecule has 1 N–H and O–H groups in total. The van der Waals surface area contributed by atoms with Gasteiger partial charge in [-0.3, -0.25) is 0 Å². The third kappa shape index (κ3) is 1.36. The van der Waals surface area contributed by atoms with Crippen molar-refractivity contribution in [3.05, 3.63) is 30.2 Å². The molecule has 14 heavy (non-hydrogen) atoms. The minimum atomic E-state index is -5.18. The molecule has 1 aromatic heterocycles. The summed E-state index contributed by atoms with van der Waals surface area (Å²) in [5.74, 6) is -0.869. The number of hydrogen-bond donors (Lipinski definition) is 1. The van der Waals surface area contributed by atoms with E-state index in [4.69, 9.17) is 0 Å². The highest BCUT2D eigenvalue weighted by molar-refractivity contribution is 6.75. The number of nitrogens with one attached hydrogen (secondary N) is 1. The van der Waals surface area contributed by atoms with Crippen molar-refractivity contribution >= 4 is 23.3 Å². The van der Waals surface area contributed by atoms with E-state index >= 15 is 0 Å². The lowest BCUT2D eigenvalue weighted by Gasteiger charge is -2.15.